The number of carbonyl (C=O) groups is 1. The number of aldehydes is 1. The zero-order valence-electron chi connectivity index (χ0n) is 12.6. The smallest absolute Gasteiger partial charge is 0.173 e. The molecule has 1 saturated heterocycles. The molecule has 1 heterocycles. The molecule has 1 aromatic carbocycles. The van der Waals surface area contributed by atoms with Gasteiger partial charge in [-0.1, -0.05) is 11.6 Å². The SMILES string of the molecule is COc1c(C2CC(CN)CN2C)cc(Cl)c(C=O)c1OC. The summed E-state index contributed by atoms with van der Waals surface area (Å²) in [6, 6.07) is 1.95. The lowest BCUT2D eigenvalue weighted by Crippen LogP contribution is -2.21. The minimum absolute atomic E-state index is 0.153. The summed E-state index contributed by atoms with van der Waals surface area (Å²) in [6.07, 6.45) is 1.62. The maximum Gasteiger partial charge on any atom is 0.173 e. The molecule has 1 aliphatic rings. The van der Waals surface area contributed by atoms with Crippen molar-refractivity contribution in [3.63, 3.8) is 0 Å². The summed E-state index contributed by atoms with van der Waals surface area (Å²) in [5.74, 6) is 1.40. The number of nitrogens with two attached hydrogens (primary N) is 1. The number of hydrogen-bond donors (Lipinski definition) is 1. The van der Waals surface area contributed by atoms with Crippen LogP contribution in [0.25, 0.3) is 0 Å². The van der Waals surface area contributed by atoms with E-state index in [0.29, 0.717) is 40.8 Å². The van der Waals surface area contributed by atoms with Gasteiger partial charge in [0.1, 0.15) is 0 Å². The van der Waals surface area contributed by atoms with Crippen LogP contribution in [-0.2, 0) is 0 Å². The first-order valence-corrected chi connectivity index (χ1v) is 7.24. The van der Waals surface area contributed by atoms with Gasteiger partial charge in [0.25, 0.3) is 0 Å². The summed E-state index contributed by atoms with van der Waals surface area (Å²) in [5, 5.41) is 0.377. The van der Waals surface area contributed by atoms with Gasteiger partial charge in [-0.25, -0.2) is 0 Å². The second-order valence-corrected chi connectivity index (χ2v) is 5.75. The van der Waals surface area contributed by atoms with Crippen molar-refractivity contribution in [1.82, 2.24) is 4.90 Å². The van der Waals surface area contributed by atoms with Crippen LogP contribution in [0.1, 0.15) is 28.4 Å². The second kappa shape index (κ2) is 6.64. The van der Waals surface area contributed by atoms with Crippen LogP contribution in [0.15, 0.2) is 6.07 Å². The van der Waals surface area contributed by atoms with Gasteiger partial charge in [-0.3, -0.25) is 9.69 Å². The third kappa shape index (κ3) is 2.86. The lowest BCUT2D eigenvalue weighted by Gasteiger charge is -2.24. The van der Waals surface area contributed by atoms with Crippen LogP contribution >= 0.6 is 11.6 Å². The first kappa shape index (κ1) is 16.1. The van der Waals surface area contributed by atoms with Crippen LogP contribution in [-0.4, -0.2) is 45.5 Å². The summed E-state index contributed by atoms with van der Waals surface area (Å²) in [5.41, 5.74) is 7.03. The highest BCUT2D eigenvalue weighted by Gasteiger charge is 2.33. The zero-order chi connectivity index (χ0) is 15.6. The monoisotopic (exact) mass is 312 g/mol. The lowest BCUT2D eigenvalue weighted by molar-refractivity contribution is 0.112. The largest absolute Gasteiger partial charge is 0.492 e. The molecule has 1 aliphatic heterocycles. The number of ether oxygens (including phenoxy) is 2. The van der Waals surface area contributed by atoms with Crippen LogP contribution in [0.5, 0.6) is 11.5 Å². The minimum Gasteiger partial charge on any atom is -0.492 e. The Kier molecular flexibility index (Phi) is 5.08. The van der Waals surface area contributed by atoms with E-state index in [1.165, 1.54) is 7.11 Å². The van der Waals surface area contributed by atoms with Gasteiger partial charge in [0.15, 0.2) is 17.8 Å². The van der Waals surface area contributed by atoms with Gasteiger partial charge >= 0.3 is 0 Å². The molecule has 5 nitrogen and oxygen atoms in total. The molecule has 6 heteroatoms. The van der Waals surface area contributed by atoms with Gasteiger partial charge in [-0.05, 0) is 32.0 Å². The van der Waals surface area contributed by atoms with Crippen molar-refractivity contribution in [2.45, 2.75) is 12.5 Å². The van der Waals surface area contributed by atoms with E-state index in [9.17, 15) is 4.79 Å². The highest BCUT2D eigenvalue weighted by Crippen LogP contribution is 2.45. The topological polar surface area (TPSA) is 64.8 Å². The summed E-state index contributed by atoms with van der Waals surface area (Å²) in [6.45, 7) is 1.58. The van der Waals surface area contributed by atoms with Gasteiger partial charge in [-0.2, -0.15) is 0 Å². The summed E-state index contributed by atoms with van der Waals surface area (Å²) in [4.78, 5) is 13.5. The lowest BCUT2D eigenvalue weighted by atomic mass is 9.97. The second-order valence-electron chi connectivity index (χ2n) is 5.34. The van der Waals surface area contributed by atoms with Crippen LogP contribution in [0.3, 0.4) is 0 Å². The first-order valence-electron chi connectivity index (χ1n) is 6.87. The fourth-order valence-corrected chi connectivity index (χ4v) is 3.30. The molecule has 2 N–H and O–H groups in total. The Morgan fingerprint density at radius 3 is 2.57 bits per heavy atom. The molecule has 0 bridgehead atoms. The van der Waals surface area contributed by atoms with E-state index in [1.54, 1.807) is 13.2 Å². The van der Waals surface area contributed by atoms with Gasteiger partial charge in [0.2, 0.25) is 0 Å². The van der Waals surface area contributed by atoms with Gasteiger partial charge in [0.05, 0.1) is 24.8 Å². The molecule has 21 heavy (non-hydrogen) atoms. The Morgan fingerprint density at radius 2 is 2.10 bits per heavy atom. The van der Waals surface area contributed by atoms with Crippen molar-refractivity contribution in [1.29, 1.82) is 0 Å². The quantitative estimate of drug-likeness (QED) is 0.844. The van der Waals surface area contributed by atoms with Crippen molar-refractivity contribution in [2.75, 3.05) is 34.4 Å². The van der Waals surface area contributed by atoms with Crippen molar-refractivity contribution in [3.8, 4) is 11.5 Å². The van der Waals surface area contributed by atoms with E-state index in [2.05, 4.69) is 4.90 Å². The van der Waals surface area contributed by atoms with E-state index >= 15 is 0 Å². The van der Waals surface area contributed by atoms with Crippen LogP contribution in [0.4, 0.5) is 0 Å². The standard InChI is InChI=1S/C15H21ClN2O3/c1-18-7-9(6-17)4-13(18)10-5-12(16)11(8-19)15(21-3)14(10)20-2/h5,8-9,13H,4,6-7,17H2,1-3H3. The number of rotatable bonds is 5. The first-order chi connectivity index (χ1) is 10.1. The van der Waals surface area contributed by atoms with E-state index in [0.717, 1.165) is 18.5 Å². The van der Waals surface area contributed by atoms with Crippen LogP contribution < -0.4 is 15.2 Å². The number of nitrogens with zero attached hydrogens (tertiary/aromatic N) is 1. The highest BCUT2D eigenvalue weighted by atomic mass is 35.5. The maximum atomic E-state index is 11.2. The Balaban J connectivity index is 2.53. The molecule has 0 aromatic heterocycles. The van der Waals surface area contributed by atoms with Crippen LogP contribution in [0.2, 0.25) is 5.02 Å². The van der Waals surface area contributed by atoms with Crippen LogP contribution in [0, 0.1) is 5.92 Å². The summed E-state index contributed by atoms with van der Waals surface area (Å²) in [7, 11) is 5.12. The molecular weight excluding hydrogens is 292 g/mol. The Labute approximate surface area is 130 Å². The molecule has 2 rings (SSSR count). The molecule has 1 aromatic rings. The van der Waals surface area contributed by atoms with E-state index in [-0.39, 0.29) is 6.04 Å². The van der Waals surface area contributed by atoms with Crippen molar-refractivity contribution in [2.24, 2.45) is 11.7 Å². The number of methoxy groups -OCH3 is 2. The Morgan fingerprint density at radius 1 is 1.43 bits per heavy atom. The molecule has 0 amide bonds. The molecule has 0 aliphatic carbocycles. The number of likely N-dealkylation sites (tertiary alicyclic amines) is 1. The molecular formula is C15H21ClN2O3. The van der Waals surface area contributed by atoms with Gasteiger partial charge < -0.3 is 15.2 Å². The number of carbonyl (C=O) groups excluding carboxylic acids is 1. The maximum absolute atomic E-state index is 11.2. The average Bonchev–Trinajstić information content (AvgIpc) is 2.86. The van der Waals surface area contributed by atoms with Crippen molar-refractivity contribution < 1.29 is 14.3 Å². The predicted molar refractivity (Wildman–Crippen MR) is 82.5 cm³/mol. The number of halogens is 1. The third-order valence-corrected chi connectivity index (χ3v) is 4.42. The zero-order valence-corrected chi connectivity index (χ0v) is 13.3. The van der Waals surface area contributed by atoms with E-state index < -0.39 is 0 Å². The highest BCUT2D eigenvalue weighted by molar-refractivity contribution is 6.33. The average molecular weight is 313 g/mol. The summed E-state index contributed by atoms with van der Waals surface area (Å²) < 4.78 is 10.8. The molecule has 0 spiro atoms. The molecule has 0 radical (unpaired) electrons. The minimum atomic E-state index is 0.153. The normalized spacial score (nSPS) is 22.3. The van der Waals surface area contributed by atoms with Gasteiger partial charge in [0, 0.05) is 18.2 Å². The fraction of sp³-hybridized carbons (Fsp3) is 0.533. The Bertz CT molecular complexity index is 536. The number of benzene rings is 1. The summed E-state index contributed by atoms with van der Waals surface area (Å²) >= 11 is 6.23. The van der Waals surface area contributed by atoms with Gasteiger partial charge in [-0.15, -0.1) is 0 Å². The van der Waals surface area contributed by atoms with E-state index in [4.69, 9.17) is 26.8 Å². The Hall–Kier alpha value is -1.30. The van der Waals surface area contributed by atoms with Crippen molar-refractivity contribution in [3.05, 3.63) is 22.2 Å². The third-order valence-electron chi connectivity index (χ3n) is 4.11. The fourth-order valence-electron chi connectivity index (χ4n) is 3.05. The molecule has 1 fully saturated rings. The molecule has 2 unspecified atom stereocenters. The van der Waals surface area contributed by atoms with Crippen molar-refractivity contribution >= 4 is 17.9 Å². The molecule has 0 saturated carbocycles. The number of hydrogen-bond acceptors (Lipinski definition) is 5. The molecule has 2 atom stereocenters. The van der Waals surface area contributed by atoms with E-state index in [1.807, 2.05) is 7.05 Å². The molecule has 116 valence electrons. The predicted octanol–water partition coefficient (Wildman–Crippen LogP) is 2.12.